The van der Waals surface area contributed by atoms with Gasteiger partial charge in [0.05, 0.1) is 16.3 Å². The Balaban J connectivity index is 1.71. The first-order valence-electron chi connectivity index (χ1n) is 10.5. The lowest BCUT2D eigenvalue weighted by Gasteiger charge is -2.13. The highest BCUT2D eigenvalue weighted by atomic mass is 32.2. The molecule has 3 aromatic rings. The molecular formula is C25H25N3OS2. The summed E-state index contributed by atoms with van der Waals surface area (Å²) in [6, 6.07) is 18.3. The SMILES string of the molecule is CCCCCN1C(=O)/C(=C/c2cn(-c3ccccc3)nc2-c2ccc(C)cc2)SC1=S. The topological polar surface area (TPSA) is 38.1 Å². The summed E-state index contributed by atoms with van der Waals surface area (Å²) in [5, 5.41) is 4.85. The second-order valence-corrected chi connectivity index (χ2v) is 9.30. The van der Waals surface area contributed by atoms with E-state index < -0.39 is 0 Å². The van der Waals surface area contributed by atoms with Crippen LogP contribution >= 0.6 is 24.0 Å². The maximum atomic E-state index is 13.0. The number of aryl methyl sites for hydroxylation is 1. The fourth-order valence-electron chi connectivity index (χ4n) is 3.50. The number of carbonyl (C=O) groups is 1. The number of thioether (sulfide) groups is 1. The monoisotopic (exact) mass is 447 g/mol. The summed E-state index contributed by atoms with van der Waals surface area (Å²) in [6.45, 7) is 4.91. The molecule has 1 aliphatic rings. The zero-order valence-corrected chi connectivity index (χ0v) is 19.4. The second-order valence-electron chi connectivity index (χ2n) is 7.62. The Hall–Kier alpha value is -2.70. The summed E-state index contributed by atoms with van der Waals surface area (Å²) >= 11 is 6.87. The molecule has 0 bridgehead atoms. The van der Waals surface area contributed by atoms with Crippen LogP contribution in [-0.4, -0.2) is 31.5 Å². The third-order valence-electron chi connectivity index (χ3n) is 5.23. The number of carbonyl (C=O) groups excluding carboxylic acids is 1. The standard InChI is InChI=1S/C25H25N3OS2/c1-3-4-8-15-27-24(29)22(31-25(27)30)16-20-17-28(21-9-6-5-7-10-21)26-23(20)19-13-11-18(2)12-14-19/h5-7,9-14,16-17H,3-4,8,15H2,1-2H3/b22-16-. The predicted molar refractivity (Wildman–Crippen MR) is 133 cm³/mol. The van der Waals surface area contributed by atoms with Crippen LogP contribution in [0.2, 0.25) is 0 Å². The van der Waals surface area contributed by atoms with Crippen molar-refractivity contribution in [3.8, 4) is 16.9 Å². The molecule has 0 aliphatic carbocycles. The van der Waals surface area contributed by atoms with E-state index in [2.05, 4.69) is 38.1 Å². The summed E-state index contributed by atoms with van der Waals surface area (Å²) in [5.41, 5.74) is 4.94. The van der Waals surface area contributed by atoms with E-state index in [0.29, 0.717) is 15.8 Å². The lowest BCUT2D eigenvalue weighted by molar-refractivity contribution is -0.122. The first-order valence-corrected chi connectivity index (χ1v) is 11.8. The maximum absolute atomic E-state index is 13.0. The van der Waals surface area contributed by atoms with E-state index in [-0.39, 0.29) is 5.91 Å². The van der Waals surface area contributed by atoms with Crippen LogP contribution in [0.25, 0.3) is 23.0 Å². The van der Waals surface area contributed by atoms with Gasteiger partial charge in [0.15, 0.2) is 0 Å². The molecule has 0 N–H and O–H groups in total. The number of nitrogens with zero attached hydrogens (tertiary/aromatic N) is 3. The van der Waals surface area contributed by atoms with Crippen LogP contribution in [0, 0.1) is 6.92 Å². The number of hydrogen-bond acceptors (Lipinski definition) is 4. The van der Waals surface area contributed by atoms with Gasteiger partial charge in [-0.3, -0.25) is 9.69 Å². The third-order valence-corrected chi connectivity index (χ3v) is 6.61. The van der Waals surface area contributed by atoms with Gasteiger partial charge in [0.2, 0.25) is 0 Å². The normalized spacial score (nSPS) is 15.3. The van der Waals surface area contributed by atoms with Crippen LogP contribution in [0.3, 0.4) is 0 Å². The summed E-state index contributed by atoms with van der Waals surface area (Å²) in [6.07, 6.45) is 7.09. The van der Waals surface area contributed by atoms with Crippen molar-refractivity contribution in [2.45, 2.75) is 33.1 Å². The smallest absolute Gasteiger partial charge is 0.266 e. The Morgan fingerprint density at radius 2 is 1.81 bits per heavy atom. The first kappa shape index (κ1) is 21.5. The average Bonchev–Trinajstić information content (AvgIpc) is 3.31. The second kappa shape index (κ2) is 9.62. The summed E-state index contributed by atoms with van der Waals surface area (Å²) < 4.78 is 2.50. The van der Waals surface area contributed by atoms with Gasteiger partial charge in [0, 0.05) is 23.9 Å². The van der Waals surface area contributed by atoms with Crippen LogP contribution in [0.5, 0.6) is 0 Å². The van der Waals surface area contributed by atoms with Crippen molar-refractivity contribution in [3.63, 3.8) is 0 Å². The highest BCUT2D eigenvalue weighted by Crippen LogP contribution is 2.35. The molecule has 1 amide bonds. The van der Waals surface area contributed by atoms with E-state index in [0.717, 1.165) is 41.8 Å². The van der Waals surface area contributed by atoms with Crippen molar-refractivity contribution in [2.75, 3.05) is 6.54 Å². The Kier molecular flexibility index (Phi) is 6.68. The molecule has 0 radical (unpaired) electrons. The molecule has 31 heavy (non-hydrogen) atoms. The van der Waals surface area contributed by atoms with Crippen molar-refractivity contribution in [1.82, 2.24) is 14.7 Å². The number of para-hydroxylation sites is 1. The minimum Gasteiger partial charge on any atom is -0.293 e. The van der Waals surface area contributed by atoms with Gasteiger partial charge in [-0.2, -0.15) is 5.10 Å². The first-order chi connectivity index (χ1) is 15.1. The number of amides is 1. The van der Waals surface area contributed by atoms with Crippen molar-refractivity contribution >= 4 is 40.3 Å². The Morgan fingerprint density at radius 1 is 1.06 bits per heavy atom. The Morgan fingerprint density at radius 3 is 2.52 bits per heavy atom. The van der Waals surface area contributed by atoms with E-state index in [1.807, 2.05) is 47.3 Å². The quantitative estimate of drug-likeness (QED) is 0.244. The minimum absolute atomic E-state index is 0.00609. The third kappa shape index (κ3) is 4.81. The lowest BCUT2D eigenvalue weighted by Crippen LogP contribution is -2.28. The number of hydrogen-bond donors (Lipinski definition) is 0. The van der Waals surface area contributed by atoms with Crippen molar-refractivity contribution in [3.05, 3.63) is 76.8 Å². The van der Waals surface area contributed by atoms with E-state index >= 15 is 0 Å². The lowest BCUT2D eigenvalue weighted by atomic mass is 10.1. The Bertz CT molecular complexity index is 1120. The molecule has 2 aromatic carbocycles. The number of benzene rings is 2. The van der Waals surface area contributed by atoms with Crippen molar-refractivity contribution in [2.24, 2.45) is 0 Å². The molecular weight excluding hydrogens is 422 g/mol. The van der Waals surface area contributed by atoms with Crippen LogP contribution in [0.1, 0.15) is 37.3 Å². The minimum atomic E-state index is -0.00609. The van der Waals surface area contributed by atoms with Gasteiger partial charge >= 0.3 is 0 Å². The molecule has 1 fully saturated rings. The predicted octanol–water partition coefficient (Wildman–Crippen LogP) is 6.24. The van der Waals surface area contributed by atoms with E-state index in [1.54, 1.807) is 4.90 Å². The molecule has 1 aromatic heterocycles. The molecule has 4 rings (SSSR count). The number of rotatable bonds is 7. The molecule has 1 saturated heterocycles. The summed E-state index contributed by atoms with van der Waals surface area (Å²) in [7, 11) is 0. The van der Waals surface area contributed by atoms with E-state index in [9.17, 15) is 4.79 Å². The largest absolute Gasteiger partial charge is 0.293 e. The van der Waals surface area contributed by atoms with Gasteiger partial charge in [-0.1, -0.05) is 91.8 Å². The zero-order valence-electron chi connectivity index (χ0n) is 17.7. The van der Waals surface area contributed by atoms with Gasteiger partial charge in [0.25, 0.3) is 5.91 Å². The van der Waals surface area contributed by atoms with Crippen molar-refractivity contribution < 1.29 is 4.79 Å². The fourth-order valence-corrected chi connectivity index (χ4v) is 4.80. The molecule has 0 spiro atoms. The number of unbranched alkanes of at least 4 members (excludes halogenated alkanes) is 2. The molecule has 0 atom stereocenters. The van der Waals surface area contributed by atoms with Crippen molar-refractivity contribution in [1.29, 1.82) is 0 Å². The summed E-state index contributed by atoms with van der Waals surface area (Å²) in [5.74, 6) is -0.00609. The van der Waals surface area contributed by atoms with Crippen LogP contribution in [0.15, 0.2) is 65.7 Å². The van der Waals surface area contributed by atoms with Gasteiger partial charge in [0.1, 0.15) is 4.32 Å². The number of aromatic nitrogens is 2. The molecule has 1 aliphatic heterocycles. The van der Waals surface area contributed by atoms with Crippen LogP contribution < -0.4 is 0 Å². The average molecular weight is 448 g/mol. The number of thiocarbonyl (C=S) groups is 1. The van der Waals surface area contributed by atoms with Crippen LogP contribution in [0.4, 0.5) is 0 Å². The fraction of sp³-hybridized carbons (Fsp3) is 0.240. The molecule has 0 saturated carbocycles. The molecule has 6 heteroatoms. The van der Waals surface area contributed by atoms with Gasteiger partial charge < -0.3 is 0 Å². The maximum Gasteiger partial charge on any atom is 0.266 e. The zero-order chi connectivity index (χ0) is 21.8. The van der Waals surface area contributed by atoms with Gasteiger partial charge in [-0.15, -0.1) is 0 Å². The molecule has 0 unspecified atom stereocenters. The molecule has 2 heterocycles. The molecule has 4 nitrogen and oxygen atoms in total. The highest BCUT2D eigenvalue weighted by Gasteiger charge is 2.31. The highest BCUT2D eigenvalue weighted by molar-refractivity contribution is 8.26. The van der Waals surface area contributed by atoms with E-state index in [1.165, 1.54) is 17.3 Å². The van der Waals surface area contributed by atoms with Crippen LogP contribution in [-0.2, 0) is 4.79 Å². The summed E-state index contributed by atoms with van der Waals surface area (Å²) in [4.78, 5) is 15.4. The van der Waals surface area contributed by atoms with E-state index in [4.69, 9.17) is 17.3 Å². The van der Waals surface area contributed by atoms with Gasteiger partial charge in [-0.05, 0) is 31.6 Å². The van der Waals surface area contributed by atoms with Gasteiger partial charge in [-0.25, -0.2) is 4.68 Å². The molecule has 158 valence electrons. The Labute approximate surface area is 193 Å².